The summed E-state index contributed by atoms with van der Waals surface area (Å²) >= 11 is 6.11. The predicted octanol–water partition coefficient (Wildman–Crippen LogP) is 3.18. The summed E-state index contributed by atoms with van der Waals surface area (Å²) in [4.78, 5) is 42.4. The lowest BCUT2D eigenvalue weighted by Gasteiger charge is -2.21. The van der Waals surface area contributed by atoms with Gasteiger partial charge in [0.1, 0.15) is 11.5 Å². The van der Waals surface area contributed by atoms with E-state index in [1.165, 1.54) is 6.92 Å². The Balaban J connectivity index is 2.10. The Morgan fingerprint density at radius 2 is 1.91 bits per heavy atom. The zero-order chi connectivity index (χ0) is 24.9. The van der Waals surface area contributed by atoms with E-state index >= 15 is 0 Å². The topological polar surface area (TPSA) is 91.9 Å². The highest BCUT2D eigenvalue weighted by Crippen LogP contribution is 2.33. The van der Waals surface area contributed by atoms with E-state index in [1.54, 1.807) is 13.8 Å². The number of alkyl halides is 3. The first-order valence-corrected chi connectivity index (χ1v) is 9.89. The molecule has 1 aliphatic rings. The third-order valence-electron chi connectivity index (χ3n) is 4.84. The molecular formula is C20H18ClF4N3O5. The average Bonchev–Trinajstić information content (AvgIpc) is 3.08. The molecule has 0 spiro atoms. The summed E-state index contributed by atoms with van der Waals surface area (Å²) < 4.78 is 59.5. The van der Waals surface area contributed by atoms with Gasteiger partial charge in [-0.3, -0.25) is 9.36 Å². The number of carbonyl (C=O) groups is 1. The molecule has 0 N–H and O–H groups in total. The maximum atomic E-state index is 14.7. The van der Waals surface area contributed by atoms with Crippen molar-refractivity contribution < 1.29 is 31.9 Å². The minimum atomic E-state index is -4.97. The molecular weight excluding hydrogens is 474 g/mol. The molecule has 13 heteroatoms. The fraction of sp³-hybridized carbons (Fsp3) is 0.400. The van der Waals surface area contributed by atoms with Crippen LogP contribution in [0.3, 0.4) is 0 Å². The lowest BCUT2D eigenvalue weighted by Crippen LogP contribution is -2.41. The van der Waals surface area contributed by atoms with Gasteiger partial charge in [0, 0.05) is 25.1 Å². The minimum Gasteiger partial charge on any atom is -0.460 e. The van der Waals surface area contributed by atoms with Crippen LogP contribution in [0, 0.1) is 5.82 Å². The number of benzene rings is 1. The number of aromatic nitrogens is 2. The van der Waals surface area contributed by atoms with E-state index < -0.39 is 52.3 Å². The van der Waals surface area contributed by atoms with Crippen molar-refractivity contribution in [2.24, 2.45) is 12.2 Å². The van der Waals surface area contributed by atoms with Gasteiger partial charge in [-0.1, -0.05) is 16.8 Å². The van der Waals surface area contributed by atoms with Crippen molar-refractivity contribution in [3.63, 3.8) is 0 Å². The van der Waals surface area contributed by atoms with Crippen molar-refractivity contribution in [3.8, 4) is 5.69 Å². The largest absolute Gasteiger partial charge is 0.460 e. The molecule has 1 aromatic carbocycles. The highest BCUT2D eigenvalue weighted by atomic mass is 35.5. The lowest BCUT2D eigenvalue weighted by molar-refractivity contribution is -0.171. The minimum absolute atomic E-state index is 0.0167. The average molecular weight is 492 g/mol. The highest BCUT2D eigenvalue weighted by molar-refractivity contribution is 6.34. The van der Waals surface area contributed by atoms with Crippen LogP contribution in [-0.2, 0) is 27.6 Å². The van der Waals surface area contributed by atoms with Gasteiger partial charge in [0.05, 0.1) is 22.5 Å². The van der Waals surface area contributed by atoms with E-state index in [0.29, 0.717) is 0 Å². The normalized spacial score (nSPS) is 18.3. The van der Waals surface area contributed by atoms with Gasteiger partial charge >= 0.3 is 17.8 Å². The summed E-state index contributed by atoms with van der Waals surface area (Å²) in [5, 5.41) is 3.63. The van der Waals surface area contributed by atoms with Gasteiger partial charge in [0.25, 0.3) is 5.56 Å². The van der Waals surface area contributed by atoms with Gasteiger partial charge in [-0.15, -0.1) is 0 Å². The molecule has 0 amide bonds. The number of ether oxygens (including phenoxy) is 1. The Morgan fingerprint density at radius 3 is 2.48 bits per heavy atom. The maximum Gasteiger partial charge on any atom is 0.431 e. The molecule has 1 aliphatic heterocycles. The number of oxime groups is 1. The van der Waals surface area contributed by atoms with Gasteiger partial charge in [0.15, 0.2) is 0 Å². The van der Waals surface area contributed by atoms with Gasteiger partial charge < -0.3 is 9.57 Å². The van der Waals surface area contributed by atoms with Crippen molar-refractivity contribution in [2.45, 2.75) is 45.1 Å². The lowest BCUT2D eigenvalue weighted by atomic mass is 9.95. The summed E-state index contributed by atoms with van der Waals surface area (Å²) in [6, 6.07) is 1.94. The van der Waals surface area contributed by atoms with Crippen LogP contribution in [0.15, 0.2) is 32.9 Å². The first-order valence-electron chi connectivity index (χ1n) is 9.52. The Kier molecular flexibility index (Phi) is 6.18. The van der Waals surface area contributed by atoms with Gasteiger partial charge in [-0.25, -0.2) is 18.5 Å². The third kappa shape index (κ3) is 4.52. The Morgan fingerprint density at radius 1 is 1.27 bits per heavy atom. The molecule has 2 heterocycles. The van der Waals surface area contributed by atoms with Crippen LogP contribution in [0.25, 0.3) is 5.69 Å². The molecule has 1 atom stereocenters. The summed E-state index contributed by atoms with van der Waals surface area (Å²) in [5.74, 6) is -1.84. The van der Waals surface area contributed by atoms with E-state index in [2.05, 4.69) is 5.16 Å². The van der Waals surface area contributed by atoms with E-state index in [1.807, 2.05) is 0 Å². The second kappa shape index (κ2) is 8.32. The summed E-state index contributed by atoms with van der Waals surface area (Å²) in [6.07, 6.45) is -5.53. The van der Waals surface area contributed by atoms with Crippen LogP contribution in [0.5, 0.6) is 0 Å². The smallest absolute Gasteiger partial charge is 0.431 e. The zero-order valence-electron chi connectivity index (χ0n) is 17.8. The second-order valence-corrected chi connectivity index (χ2v) is 8.22. The van der Waals surface area contributed by atoms with E-state index in [9.17, 15) is 31.9 Å². The number of esters is 1. The van der Waals surface area contributed by atoms with Gasteiger partial charge in [-0.05, 0) is 32.9 Å². The molecule has 0 saturated carbocycles. The molecule has 0 aliphatic carbocycles. The molecule has 0 fully saturated rings. The summed E-state index contributed by atoms with van der Waals surface area (Å²) in [7, 11) is 0.802. The van der Waals surface area contributed by atoms with Crippen molar-refractivity contribution in [1.82, 2.24) is 9.13 Å². The molecule has 33 heavy (non-hydrogen) atoms. The molecule has 0 radical (unpaired) electrons. The Hall–Kier alpha value is -3.15. The highest BCUT2D eigenvalue weighted by Gasteiger charge is 2.44. The number of rotatable bonds is 4. The first-order chi connectivity index (χ1) is 15.2. The van der Waals surface area contributed by atoms with Crippen LogP contribution in [0.1, 0.15) is 38.4 Å². The van der Waals surface area contributed by atoms with Crippen molar-refractivity contribution in [3.05, 3.63) is 61.1 Å². The molecule has 8 nitrogen and oxygen atoms in total. The number of hydrogen-bond donors (Lipinski definition) is 0. The van der Waals surface area contributed by atoms with E-state index in [-0.39, 0.29) is 37.9 Å². The SMILES string of the molecule is CC(C)OC(=O)C1(C)CC(c2cc(-n3c(=O)cc(C(F)(F)F)n(C)c3=O)c(F)cc2Cl)=NO1. The van der Waals surface area contributed by atoms with Crippen LogP contribution < -0.4 is 11.2 Å². The van der Waals surface area contributed by atoms with Crippen LogP contribution >= 0.6 is 11.6 Å². The Bertz CT molecular complexity index is 1280. The molecule has 2 aromatic rings. The molecule has 0 bridgehead atoms. The quantitative estimate of drug-likeness (QED) is 0.484. The standard InChI is InChI=1S/C20H18ClF4N3O5/c1-9(2)32-17(30)19(3)8-13(26-33-19)10-5-14(12(22)6-11(10)21)28-16(29)7-15(20(23,24)25)27(4)18(28)31/h5-7,9H,8H2,1-4H3. The predicted molar refractivity (Wildman–Crippen MR) is 109 cm³/mol. The zero-order valence-corrected chi connectivity index (χ0v) is 18.5. The number of halogens is 5. The number of carbonyl (C=O) groups excluding carboxylic acids is 1. The third-order valence-corrected chi connectivity index (χ3v) is 5.15. The molecule has 1 aromatic heterocycles. The number of nitrogens with zero attached hydrogens (tertiary/aromatic N) is 3. The first kappa shape index (κ1) is 24.5. The van der Waals surface area contributed by atoms with Gasteiger partial charge in [0.2, 0.25) is 5.60 Å². The fourth-order valence-electron chi connectivity index (χ4n) is 3.18. The Labute approximate surface area is 189 Å². The van der Waals surface area contributed by atoms with Crippen molar-refractivity contribution >= 4 is 23.3 Å². The number of hydrogen-bond acceptors (Lipinski definition) is 6. The van der Waals surface area contributed by atoms with E-state index in [4.69, 9.17) is 21.2 Å². The van der Waals surface area contributed by atoms with Crippen LogP contribution in [-0.4, -0.2) is 32.5 Å². The fourth-order valence-corrected chi connectivity index (χ4v) is 3.44. The second-order valence-electron chi connectivity index (χ2n) is 7.82. The van der Waals surface area contributed by atoms with Crippen LogP contribution in [0.2, 0.25) is 5.02 Å². The van der Waals surface area contributed by atoms with Gasteiger partial charge in [-0.2, -0.15) is 13.2 Å². The van der Waals surface area contributed by atoms with Crippen molar-refractivity contribution in [2.75, 3.05) is 0 Å². The van der Waals surface area contributed by atoms with E-state index in [0.717, 1.165) is 19.2 Å². The maximum absolute atomic E-state index is 14.7. The molecule has 178 valence electrons. The van der Waals surface area contributed by atoms with Crippen molar-refractivity contribution in [1.29, 1.82) is 0 Å². The van der Waals surface area contributed by atoms with Crippen LogP contribution in [0.4, 0.5) is 17.6 Å². The summed E-state index contributed by atoms with van der Waals surface area (Å²) in [5.41, 5.74) is -6.35. The molecule has 3 rings (SSSR count). The molecule has 1 unspecified atom stereocenters. The molecule has 0 saturated heterocycles. The monoisotopic (exact) mass is 491 g/mol. The summed E-state index contributed by atoms with van der Waals surface area (Å²) in [6.45, 7) is 4.70.